The summed E-state index contributed by atoms with van der Waals surface area (Å²) in [7, 11) is 0. The van der Waals surface area contributed by atoms with Crippen molar-refractivity contribution in [3.8, 4) is 0 Å². The van der Waals surface area contributed by atoms with Gasteiger partial charge in [0.25, 0.3) is 0 Å². The molecule has 1 heterocycles. The van der Waals surface area contributed by atoms with Crippen molar-refractivity contribution in [2.75, 3.05) is 0 Å². The first kappa shape index (κ1) is 9.16. The van der Waals surface area contributed by atoms with Gasteiger partial charge >= 0.3 is 0 Å². The second kappa shape index (κ2) is 3.65. The van der Waals surface area contributed by atoms with Crippen LogP contribution in [0.4, 0.5) is 8.78 Å². The third-order valence-electron chi connectivity index (χ3n) is 1.63. The van der Waals surface area contributed by atoms with Gasteiger partial charge in [-0.1, -0.05) is 13.8 Å². The maximum absolute atomic E-state index is 12.0. The molecular weight excluding hydrogens is 162 g/mol. The van der Waals surface area contributed by atoms with Crippen molar-refractivity contribution in [3.05, 3.63) is 17.5 Å². The van der Waals surface area contributed by atoms with Crippen molar-refractivity contribution in [2.45, 2.75) is 32.6 Å². The molecule has 0 unspecified atom stereocenters. The van der Waals surface area contributed by atoms with Gasteiger partial charge in [0.15, 0.2) is 0 Å². The molecule has 1 aromatic rings. The van der Waals surface area contributed by atoms with Crippen LogP contribution < -0.4 is 0 Å². The lowest BCUT2D eigenvalue weighted by atomic mass is 10.0. The number of aromatic nitrogens is 2. The topological polar surface area (TPSA) is 28.7 Å². The van der Waals surface area contributed by atoms with Gasteiger partial charge in [-0.3, -0.25) is 5.10 Å². The number of hydrogen-bond acceptors (Lipinski definition) is 1. The SMILES string of the molecule is CC(C)c1[nH]n[c]c1CC(F)F. The van der Waals surface area contributed by atoms with Crippen LogP contribution in [-0.2, 0) is 6.42 Å². The zero-order chi connectivity index (χ0) is 9.14. The van der Waals surface area contributed by atoms with E-state index in [4.69, 9.17) is 0 Å². The summed E-state index contributed by atoms with van der Waals surface area (Å²) in [4.78, 5) is 0. The van der Waals surface area contributed by atoms with Crippen LogP contribution in [0.2, 0.25) is 0 Å². The minimum Gasteiger partial charge on any atom is -0.281 e. The van der Waals surface area contributed by atoms with E-state index in [1.807, 2.05) is 13.8 Å². The van der Waals surface area contributed by atoms with Crippen LogP contribution in [0.5, 0.6) is 0 Å². The molecule has 0 aromatic carbocycles. The Morgan fingerprint density at radius 3 is 2.67 bits per heavy atom. The van der Waals surface area contributed by atoms with E-state index in [-0.39, 0.29) is 12.3 Å². The van der Waals surface area contributed by atoms with Crippen LogP contribution >= 0.6 is 0 Å². The molecule has 1 aromatic heterocycles. The number of hydrogen-bond donors (Lipinski definition) is 1. The molecule has 0 amide bonds. The minimum absolute atomic E-state index is 0.192. The lowest BCUT2D eigenvalue weighted by Crippen LogP contribution is -2.00. The van der Waals surface area contributed by atoms with E-state index in [0.717, 1.165) is 5.69 Å². The van der Waals surface area contributed by atoms with Crippen LogP contribution in [0.3, 0.4) is 0 Å². The molecule has 1 N–H and O–H groups in total. The van der Waals surface area contributed by atoms with Gasteiger partial charge in [0, 0.05) is 17.7 Å². The molecular formula is C8H11F2N2. The van der Waals surface area contributed by atoms with Gasteiger partial charge in [-0.2, -0.15) is 5.10 Å². The van der Waals surface area contributed by atoms with E-state index in [1.165, 1.54) is 0 Å². The molecule has 0 aliphatic heterocycles. The van der Waals surface area contributed by atoms with Gasteiger partial charge in [-0.05, 0) is 5.92 Å². The third kappa shape index (κ3) is 2.03. The summed E-state index contributed by atoms with van der Waals surface area (Å²) in [5, 5.41) is 6.28. The number of alkyl halides is 2. The monoisotopic (exact) mass is 173 g/mol. The summed E-state index contributed by atoms with van der Waals surface area (Å²) < 4.78 is 24.0. The zero-order valence-electron chi connectivity index (χ0n) is 7.06. The Balaban J connectivity index is 2.77. The Kier molecular flexibility index (Phi) is 2.78. The summed E-state index contributed by atoms with van der Waals surface area (Å²) in [6.45, 7) is 3.85. The highest BCUT2D eigenvalue weighted by atomic mass is 19.3. The van der Waals surface area contributed by atoms with Crippen LogP contribution in [-0.4, -0.2) is 16.6 Å². The molecule has 2 nitrogen and oxygen atoms in total. The molecule has 0 aliphatic carbocycles. The highest BCUT2D eigenvalue weighted by molar-refractivity contribution is 5.18. The molecule has 1 rings (SSSR count). The smallest absolute Gasteiger partial charge is 0.242 e. The highest BCUT2D eigenvalue weighted by Gasteiger charge is 2.13. The quantitative estimate of drug-likeness (QED) is 0.745. The normalized spacial score (nSPS) is 11.5. The first-order valence-corrected chi connectivity index (χ1v) is 3.84. The van der Waals surface area contributed by atoms with Crippen LogP contribution in [0.1, 0.15) is 31.0 Å². The molecule has 4 heteroatoms. The Morgan fingerprint density at radius 2 is 2.17 bits per heavy atom. The Hall–Kier alpha value is -0.930. The average molecular weight is 173 g/mol. The molecule has 0 saturated carbocycles. The van der Waals surface area contributed by atoms with Crippen LogP contribution in [0.15, 0.2) is 0 Å². The number of nitrogens with zero attached hydrogens (tertiary/aromatic N) is 1. The molecule has 0 atom stereocenters. The maximum Gasteiger partial charge on any atom is 0.242 e. The predicted octanol–water partition coefficient (Wildman–Crippen LogP) is 2.14. The van der Waals surface area contributed by atoms with Gasteiger partial charge in [0.05, 0.1) is 0 Å². The highest BCUT2D eigenvalue weighted by Crippen LogP contribution is 2.17. The van der Waals surface area contributed by atoms with E-state index in [2.05, 4.69) is 16.4 Å². The Bertz CT molecular complexity index is 243. The van der Waals surface area contributed by atoms with Crippen molar-refractivity contribution >= 4 is 0 Å². The van der Waals surface area contributed by atoms with Gasteiger partial charge in [0.1, 0.15) is 6.20 Å². The van der Waals surface area contributed by atoms with E-state index >= 15 is 0 Å². The Labute approximate surface area is 70.0 Å². The molecule has 0 aliphatic rings. The van der Waals surface area contributed by atoms with Crippen LogP contribution in [0.25, 0.3) is 0 Å². The fourth-order valence-electron chi connectivity index (χ4n) is 1.07. The number of H-pyrrole nitrogens is 1. The van der Waals surface area contributed by atoms with Gasteiger partial charge in [-0.25, -0.2) is 8.78 Å². The first-order valence-electron chi connectivity index (χ1n) is 3.84. The van der Waals surface area contributed by atoms with Crippen molar-refractivity contribution < 1.29 is 8.78 Å². The van der Waals surface area contributed by atoms with E-state index in [0.29, 0.717) is 5.56 Å². The minimum atomic E-state index is -2.32. The van der Waals surface area contributed by atoms with Crippen LogP contribution in [0, 0.1) is 6.20 Å². The molecule has 0 spiro atoms. The van der Waals surface area contributed by atoms with Gasteiger partial charge < -0.3 is 0 Å². The summed E-state index contributed by atoms with van der Waals surface area (Å²) >= 11 is 0. The summed E-state index contributed by atoms with van der Waals surface area (Å²) in [6.07, 6.45) is -0.0499. The lowest BCUT2D eigenvalue weighted by Gasteiger charge is -2.04. The first-order chi connectivity index (χ1) is 5.61. The summed E-state index contributed by atoms with van der Waals surface area (Å²) in [5.41, 5.74) is 1.26. The van der Waals surface area contributed by atoms with Crippen molar-refractivity contribution in [1.29, 1.82) is 0 Å². The largest absolute Gasteiger partial charge is 0.281 e. The van der Waals surface area contributed by atoms with Crippen molar-refractivity contribution in [2.24, 2.45) is 0 Å². The third-order valence-corrected chi connectivity index (χ3v) is 1.63. The van der Waals surface area contributed by atoms with Gasteiger partial charge in [-0.15, -0.1) is 0 Å². The van der Waals surface area contributed by atoms with E-state index < -0.39 is 6.43 Å². The van der Waals surface area contributed by atoms with Crippen molar-refractivity contribution in [3.63, 3.8) is 0 Å². The molecule has 0 fully saturated rings. The fourth-order valence-corrected chi connectivity index (χ4v) is 1.07. The van der Waals surface area contributed by atoms with Crippen molar-refractivity contribution in [1.82, 2.24) is 10.2 Å². The average Bonchev–Trinajstić information content (AvgIpc) is 2.33. The number of nitrogens with one attached hydrogen (secondary N) is 1. The fraction of sp³-hybridized carbons (Fsp3) is 0.625. The summed E-state index contributed by atoms with van der Waals surface area (Å²) in [5.74, 6) is 0.192. The lowest BCUT2D eigenvalue weighted by molar-refractivity contribution is 0.148. The number of aromatic amines is 1. The van der Waals surface area contributed by atoms with E-state index in [9.17, 15) is 8.78 Å². The Morgan fingerprint density at radius 1 is 1.50 bits per heavy atom. The second-order valence-electron chi connectivity index (χ2n) is 2.98. The molecule has 0 bridgehead atoms. The summed E-state index contributed by atoms with van der Waals surface area (Å²) in [6, 6.07) is 0. The number of rotatable bonds is 3. The second-order valence-corrected chi connectivity index (χ2v) is 2.98. The maximum atomic E-state index is 12.0. The predicted molar refractivity (Wildman–Crippen MR) is 41.2 cm³/mol. The molecule has 12 heavy (non-hydrogen) atoms. The number of halogens is 2. The van der Waals surface area contributed by atoms with Gasteiger partial charge in [0.2, 0.25) is 6.43 Å². The standard InChI is InChI=1S/C8H11F2N2/c1-5(2)8-6(3-7(9)10)4-11-12-8/h5,7H,3H2,1-2H3,(H,11,12). The molecule has 1 radical (unpaired) electrons. The zero-order valence-corrected chi connectivity index (χ0v) is 7.06. The van der Waals surface area contributed by atoms with E-state index in [1.54, 1.807) is 0 Å². The molecule has 67 valence electrons. The molecule has 0 saturated heterocycles.